The highest BCUT2D eigenvalue weighted by Gasteiger charge is 2.19. The fourth-order valence-electron chi connectivity index (χ4n) is 3.35. The first-order valence-corrected chi connectivity index (χ1v) is 10.1. The topological polar surface area (TPSA) is 68.0 Å². The fourth-order valence-corrected chi connectivity index (χ4v) is 4.23. The van der Waals surface area contributed by atoms with Gasteiger partial charge in [0, 0.05) is 24.3 Å². The molecule has 1 amide bonds. The molecule has 0 bridgehead atoms. The molecule has 3 rings (SSSR count). The van der Waals surface area contributed by atoms with E-state index in [-0.39, 0.29) is 30.7 Å². The Morgan fingerprint density at radius 3 is 2.56 bits per heavy atom. The van der Waals surface area contributed by atoms with Crippen molar-refractivity contribution in [2.75, 3.05) is 6.54 Å². The van der Waals surface area contributed by atoms with Crippen LogP contribution in [0.3, 0.4) is 0 Å². The maximum Gasteiger partial charge on any atom is 0.241 e. The van der Waals surface area contributed by atoms with Crippen LogP contribution in [0.25, 0.3) is 0 Å². The molecule has 1 heterocycles. The number of nitrogens with one attached hydrogen (secondary N) is 1. The SMILES string of the molecule is Cc1ccc(C(N)C(=O)NCCc2nc(C3CCCCC3)cs2)cc1.Cl.Cl. The number of thiazole rings is 1. The number of amides is 1. The predicted molar refractivity (Wildman–Crippen MR) is 117 cm³/mol. The molecule has 1 fully saturated rings. The molecule has 27 heavy (non-hydrogen) atoms. The van der Waals surface area contributed by atoms with Gasteiger partial charge in [0.25, 0.3) is 0 Å². The second kappa shape index (κ2) is 11.6. The van der Waals surface area contributed by atoms with E-state index in [4.69, 9.17) is 10.7 Å². The van der Waals surface area contributed by atoms with Gasteiger partial charge in [-0.15, -0.1) is 36.2 Å². The number of hydrogen-bond donors (Lipinski definition) is 2. The zero-order valence-electron chi connectivity index (χ0n) is 15.6. The Kier molecular flexibility index (Phi) is 10.3. The van der Waals surface area contributed by atoms with Crippen molar-refractivity contribution >= 4 is 42.1 Å². The van der Waals surface area contributed by atoms with Crippen molar-refractivity contribution in [3.8, 4) is 0 Å². The highest BCUT2D eigenvalue weighted by Crippen LogP contribution is 2.33. The van der Waals surface area contributed by atoms with E-state index in [1.807, 2.05) is 31.2 Å². The van der Waals surface area contributed by atoms with E-state index in [0.717, 1.165) is 22.6 Å². The van der Waals surface area contributed by atoms with Gasteiger partial charge in [-0.1, -0.05) is 49.1 Å². The Bertz CT molecular complexity index is 700. The molecule has 2 aromatic rings. The summed E-state index contributed by atoms with van der Waals surface area (Å²) in [6.45, 7) is 2.60. The summed E-state index contributed by atoms with van der Waals surface area (Å²) >= 11 is 1.71. The van der Waals surface area contributed by atoms with Crippen LogP contribution in [0.2, 0.25) is 0 Å². The van der Waals surface area contributed by atoms with E-state index >= 15 is 0 Å². The van der Waals surface area contributed by atoms with Crippen LogP contribution in [0.15, 0.2) is 29.6 Å². The van der Waals surface area contributed by atoms with Gasteiger partial charge in [-0.2, -0.15) is 0 Å². The number of benzene rings is 1. The molecule has 150 valence electrons. The van der Waals surface area contributed by atoms with Crippen LogP contribution >= 0.6 is 36.2 Å². The van der Waals surface area contributed by atoms with E-state index in [9.17, 15) is 4.79 Å². The van der Waals surface area contributed by atoms with E-state index in [2.05, 4.69) is 10.7 Å². The number of nitrogens with zero attached hydrogens (tertiary/aromatic N) is 1. The second-order valence-electron chi connectivity index (χ2n) is 6.93. The molecular formula is C20H29Cl2N3OS. The molecule has 1 aromatic heterocycles. The highest BCUT2D eigenvalue weighted by atomic mass is 35.5. The van der Waals surface area contributed by atoms with E-state index in [1.54, 1.807) is 11.3 Å². The van der Waals surface area contributed by atoms with Crippen LogP contribution in [0.5, 0.6) is 0 Å². The Morgan fingerprint density at radius 1 is 1.22 bits per heavy atom. The molecule has 1 saturated carbocycles. The normalized spacial score (nSPS) is 15.3. The zero-order chi connectivity index (χ0) is 17.6. The minimum absolute atomic E-state index is 0. The Hall–Kier alpha value is -1.14. The average Bonchev–Trinajstić information content (AvgIpc) is 3.11. The summed E-state index contributed by atoms with van der Waals surface area (Å²) in [5.41, 5.74) is 9.30. The molecule has 4 nitrogen and oxygen atoms in total. The van der Waals surface area contributed by atoms with Crippen LogP contribution in [0.4, 0.5) is 0 Å². The van der Waals surface area contributed by atoms with Crippen LogP contribution in [-0.2, 0) is 11.2 Å². The molecule has 1 aliphatic rings. The number of aromatic nitrogens is 1. The minimum atomic E-state index is -0.616. The summed E-state index contributed by atoms with van der Waals surface area (Å²) in [5, 5.41) is 6.24. The van der Waals surface area contributed by atoms with Crippen molar-refractivity contribution < 1.29 is 4.79 Å². The summed E-state index contributed by atoms with van der Waals surface area (Å²) in [4.78, 5) is 17.0. The summed E-state index contributed by atoms with van der Waals surface area (Å²) in [5.74, 6) is 0.510. The molecule has 1 aromatic carbocycles. The lowest BCUT2D eigenvalue weighted by Gasteiger charge is -2.19. The molecule has 7 heteroatoms. The van der Waals surface area contributed by atoms with Crippen LogP contribution < -0.4 is 11.1 Å². The summed E-state index contributed by atoms with van der Waals surface area (Å²) in [6.07, 6.45) is 7.32. The van der Waals surface area contributed by atoms with Crippen LogP contribution in [-0.4, -0.2) is 17.4 Å². The summed E-state index contributed by atoms with van der Waals surface area (Å²) in [7, 11) is 0. The maximum absolute atomic E-state index is 12.2. The number of aryl methyl sites for hydroxylation is 1. The van der Waals surface area contributed by atoms with Gasteiger partial charge in [0.1, 0.15) is 6.04 Å². The van der Waals surface area contributed by atoms with Crippen molar-refractivity contribution in [2.24, 2.45) is 5.73 Å². The van der Waals surface area contributed by atoms with E-state index in [1.165, 1.54) is 37.8 Å². The molecule has 0 radical (unpaired) electrons. The third-order valence-electron chi connectivity index (χ3n) is 4.95. The summed E-state index contributed by atoms with van der Waals surface area (Å²) in [6, 6.07) is 7.17. The lowest BCUT2D eigenvalue weighted by Crippen LogP contribution is -2.35. The van der Waals surface area contributed by atoms with Gasteiger partial charge >= 0.3 is 0 Å². The number of rotatable bonds is 6. The van der Waals surface area contributed by atoms with Crippen molar-refractivity contribution in [1.82, 2.24) is 10.3 Å². The molecule has 0 spiro atoms. The Morgan fingerprint density at radius 2 is 1.89 bits per heavy atom. The van der Waals surface area contributed by atoms with Crippen molar-refractivity contribution in [2.45, 2.75) is 57.4 Å². The molecule has 1 unspecified atom stereocenters. The van der Waals surface area contributed by atoms with Gasteiger partial charge in [-0.05, 0) is 25.3 Å². The number of hydrogen-bond acceptors (Lipinski definition) is 4. The number of nitrogens with two attached hydrogens (primary N) is 1. The van der Waals surface area contributed by atoms with Gasteiger partial charge in [0.2, 0.25) is 5.91 Å². The van der Waals surface area contributed by atoms with Gasteiger partial charge < -0.3 is 11.1 Å². The zero-order valence-corrected chi connectivity index (χ0v) is 18.1. The summed E-state index contributed by atoms with van der Waals surface area (Å²) < 4.78 is 0. The van der Waals surface area contributed by atoms with E-state index < -0.39 is 6.04 Å². The minimum Gasteiger partial charge on any atom is -0.354 e. The molecule has 3 N–H and O–H groups in total. The second-order valence-corrected chi connectivity index (χ2v) is 7.87. The van der Waals surface area contributed by atoms with Crippen molar-refractivity contribution in [3.05, 3.63) is 51.5 Å². The number of carbonyl (C=O) groups is 1. The Labute approximate surface area is 178 Å². The molecule has 1 aliphatic carbocycles. The first-order valence-electron chi connectivity index (χ1n) is 9.17. The first-order chi connectivity index (χ1) is 12.1. The van der Waals surface area contributed by atoms with Crippen LogP contribution in [0.1, 0.15) is 65.9 Å². The monoisotopic (exact) mass is 429 g/mol. The van der Waals surface area contributed by atoms with Crippen molar-refractivity contribution in [3.63, 3.8) is 0 Å². The molecule has 0 saturated heterocycles. The quantitative estimate of drug-likeness (QED) is 0.698. The van der Waals surface area contributed by atoms with Gasteiger partial charge in [-0.25, -0.2) is 4.98 Å². The van der Waals surface area contributed by atoms with Gasteiger partial charge in [0.15, 0.2) is 0 Å². The molecular weight excluding hydrogens is 401 g/mol. The fraction of sp³-hybridized carbons (Fsp3) is 0.500. The lowest BCUT2D eigenvalue weighted by molar-refractivity contribution is -0.122. The average molecular weight is 430 g/mol. The van der Waals surface area contributed by atoms with Crippen molar-refractivity contribution in [1.29, 1.82) is 0 Å². The highest BCUT2D eigenvalue weighted by molar-refractivity contribution is 7.09. The third kappa shape index (κ3) is 6.75. The maximum atomic E-state index is 12.2. The van der Waals surface area contributed by atoms with E-state index in [0.29, 0.717) is 12.5 Å². The first kappa shape index (κ1) is 23.9. The molecule has 0 aliphatic heterocycles. The predicted octanol–water partition coefficient (Wildman–Crippen LogP) is 4.70. The van der Waals surface area contributed by atoms with Gasteiger partial charge in [-0.3, -0.25) is 4.79 Å². The number of carbonyl (C=O) groups excluding carboxylic acids is 1. The standard InChI is InChI=1S/C20H27N3OS.2ClH/c1-14-7-9-16(10-8-14)19(21)20(24)22-12-11-18-23-17(13-25-18)15-5-3-2-4-6-15;;/h7-10,13,15,19H,2-6,11-12,21H2,1H3,(H,22,24);2*1H. The smallest absolute Gasteiger partial charge is 0.241 e. The Balaban J connectivity index is 0.00000182. The largest absolute Gasteiger partial charge is 0.354 e. The lowest BCUT2D eigenvalue weighted by atomic mass is 9.87. The molecule has 1 atom stereocenters. The van der Waals surface area contributed by atoms with Gasteiger partial charge in [0.05, 0.1) is 10.7 Å². The third-order valence-corrected chi connectivity index (χ3v) is 5.88. The van der Waals surface area contributed by atoms with Crippen LogP contribution in [0, 0.1) is 6.92 Å². The number of halogens is 2.